The van der Waals surface area contributed by atoms with Gasteiger partial charge < -0.3 is 58.3 Å². The molecule has 0 unspecified atom stereocenters. The van der Waals surface area contributed by atoms with E-state index in [1.54, 1.807) is 30.3 Å². The van der Waals surface area contributed by atoms with E-state index in [0.717, 1.165) is 22.3 Å². The fourth-order valence-electron chi connectivity index (χ4n) is 7.53. The molecule has 354 valence electrons. The van der Waals surface area contributed by atoms with Crippen LogP contribution >= 0.6 is 0 Å². The van der Waals surface area contributed by atoms with E-state index in [2.05, 4.69) is 31.9 Å². The molecule has 0 radical (unpaired) electrons. The van der Waals surface area contributed by atoms with Crippen molar-refractivity contribution in [1.29, 1.82) is 0 Å². The number of aliphatic carboxylic acids is 1. The summed E-state index contributed by atoms with van der Waals surface area (Å²) in [5.41, 5.74) is 16.1. The van der Waals surface area contributed by atoms with Crippen molar-refractivity contribution in [3.63, 3.8) is 0 Å². The van der Waals surface area contributed by atoms with Crippen LogP contribution in [0.3, 0.4) is 0 Å². The van der Waals surface area contributed by atoms with Crippen LogP contribution in [-0.2, 0) is 51.1 Å². The molecule has 4 aromatic carbocycles. The summed E-state index contributed by atoms with van der Waals surface area (Å²) < 4.78 is 5.68. The van der Waals surface area contributed by atoms with E-state index in [1.165, 1.54) is 31.2 Å². The van der Waals surface area contributed by atoms with E-state index < -0.39 is 90.7 Å². The molecule has 0 bridgehead atoms. The van der Waals surface area contributed by atoms with Gasteiger partial charge in [0.05, 0.1) is 13.0 Å². The summed E-state index contributed by atoms with van der Waals surface area (Å²) >= 11 is 0. The number of benzene rings is 4. The standard InChI is InChI=1S/C48H56N8O11/c1-28(43(50)61)52-45(63)37(17-9-10-22-49)54-46(64)39(24-30-18-20-31(57)21-19-30)55-47(65)40(25-42(59)60)53-41(58)26-51-44(62)38(23-29-11-3-2-4-12-29)56-48(66)67-27-36-34-15-7-5-13-32(34)33-14-6-8-16-35(33)36/h2-8,11-16,18-21,28,36-40,57H,9-10,17,22-27,49H2,1H3,(H2,50,61)(H,51,62)(H,52,63)(H,53,58)(H,54,64)(H,55,65)(H,56,66)(H,59,60)/t28-,37-,38-,39-,40-/m0/s1. The minimum absolute atomic E-state index is 0.00667. The molecule has 0 fully saturated rings. The Balaban J connectivity index is 1.25. The van der Waals surface area contributed by atoms with Gasteiger partial charge in [-0.2, -0.15) is 0 Å². The second-order valence-electron chi connectivity index (χ2n) is 16.1. The SMILES string of the molecule is C[C@H](NC(=O)[C@H](CCCCN)NC(=O)[C@H](Cc1ccc(O)cc1)NC(=O)[C@H](CC(=O)O)NC(=O)CNC(=O)[C@H](Cc1ccccc1)NC(=O)OCC1c2ccccc2-c2ccccc21)C(N)=O. The van der Waals surface area contributed by atoms with Gasteiger partial charge in [-0.05, 0) is 78.2 Å². The quantitative estimate of drug-likeness (QED) is 0.0445. The van der Waals surface area contributed by atoms with E-state index >= 15 is 0 Å². The van der Waals surface area contributed by atoms with E-state index in [9.17, 15) is 48.6 Å². The third-order valence-corrected chi connectivity index (χ3v) is 11.1. The lowest BCUT2D eigenvalue weighted by Gasteiger charge is -2.26. The van der Waals surface area contributed by atoms with E-state index in [-0.39, 0.29) is 37.5 Å². The van der Waals surface area contributed by atoms with Gasteiger partial charge in [0.2, 0.25) is 35.4 Å². The Morgan fingerprint density at radius 3 is 1.76 bits per heavy atom. The molecule has 19 heteroatoms. The lowest BCUT2D eigenvalue weighted by Crippen LogP contribution is -2.59. The Kier molecular flexibility index (Phi) is 18.3. The van der Waals surface area contributed by atoms with Crippen molar-refractivity contribution < 1.29 is 53.3 Å². The number of fused-ring (bicyclic) bond motifs is 3. The lowest BCUT2D eigenvalue weighted by atomic mass is 9.98. The summed E-state index contributed by atoms with van der Waals surface area (Å²) in [6.45, 7) is 0.892. The molecule has 12 N–H and O–H groups in total. The van der Waals surface area contributed by atoms with Crippen LogP contribution in [0.5, 0.6) is 5.75 Å². The molecule has 19 nitrogen and oxygen atoms in total. The number of aromatic hydroxyl groups is 1. The van der Waals surface area contributed by atoms with Crippen molar-refractivity contribution in [2.75, 3.05) is 19.7 Å². The molecule has 5 atom stereocenters. The number of carbonyl (C=O) groups excluding carboxylic acids is 7. The summed E-state index contributed by atoms with van der Waals surface area (Å²) in [5.74, 6) is -7.09. The zero-order valence-electron chi connectivity index (χ0n) is 36.9. The number of carbonyl (C=O) groups is 8. The molecule has 0 saturated heterocycles. The van der Waals surface area contributed by atoms with Crippen molar-refractivity contribution in [2.24, 2.45) is 11.5 Å². The Bertz CT molecular complexity index is 2350. The molecule has 1 aliphatic carbocycles. The number of phenols is 1. The van der Waals surface area contributed by atoms with E-state index in [1.807, 2.05) is 48.5 Å². The van der Waals surface area contributed by atoms with Gasteiger partial charge in [0.15, 0.2) is 0 Å². The Labute approximate surface area is 386 Å². The number of alkyl carbamates (subject to hydrolysis) is 1. The van der Waals surface area contributed by atoms with E-state index in [0.29, 0.717) is 30.5 Å². The van der Waals surface area contributed by atoms with Gasteiger partial charge in [-0.25, -0.2) is 4.79 Å². The van der Waals surface area contributed by atoms with E-state index in [4.69, 9.17) is 16.2 Å². The number of primary amides is 1. The minimum atomic E-state index is -1.77. The Morgan fingerprint density at radius 2 is 1.16 bits per heavy atom. The van der Waals surface area contributed by atoms with Crippen LogP contribution in [0, 0.1) is 0 Å². The maximum Gasteiger partial charge on any atom is 0.407 e. The summed E-state index contributed by atoms with van der Waals surface area (Å²) in [6, 6.07) is 23.3. The second kappa shape index (κ2) is 24.5. The number of ether oxygens (including phenoxy) is 1. The molecule has 1 aliphatic rings. The van der Waals surface area contributed by atoms with Crippen molar-refractivity contribution in [1.82, 2.24) is 31.9 Å². The molecular formula is C48H56N8O11. The van der Waals surface area contributed by atoms with Gasteiger partial charge >= 0.3 is 12.1 Å². The van der Waals surface area contributed by atoms with Gasteiger partial charge in [0.25, 0.3) is 0 Å². The van der Waals surface area contributed by atoms with Crippen molar-refractivity contribution >= 4 is 47.5 Å². The summed E-state index contributed by atoms with van der Waals surface area (Å²) in [7, 11) is 0. The monoisotopic (exact) mass is 920 g/mol. The highest BCUT2D eigenvalue weighted by Gasteiger charge is 2.33. The van der Waals surface area contributed by atoms with Crippen LogP contribution in [0.2, 0.25) is 0 Å². The third kappa shape index (κ3) is 14.9. The van der Waals surface area contributed by atoms with Crippen LogP contribution < -0.4 is 43.4 Å². The summed E-state index contributed by atoms with van der Waals surface area (Å²) in [6.07, 6.45) is -1.03. The smallest absolute Gasteiger partial charge is 0.407 e. The topological polar surface area (TPSA) is 310 Å². The predicted octanol–water partition coefficient (Wildman–Crippen LogP) is 1.25. The van der Waals surface area contributed by atoms with Crippen LogP contribution in [-0.4, -0.2) is 108 Å². The zero-order chi connectivity index (χ0) is 48.5. The van der Waals surface area contributed by atoms with Crippen molar-refractivity contribution in [2.45, 2.75) is 81.6 Å². The normalized spacial score (nSPS) is 13.8. The minimum Gasteiger partial charge on any atom is -0.508 e. The fourth-order valence-corrected chi connectivity index (χ4v) is 7.53. The number of carboxylic acids is 1. The second-order valence-corrected chi connectivity index (χ2v) is 16.1. The van der Waals surface area contributed by atoms with Crippen LogP contribution in [0.25, 0.3) is 11.1 Å². The van der Waals surface area contributed by atoms with Gasteiger partial charge in [0, 0.05) is 18.8 Å². The highest BCUT2D eigenvalue weighted by molar-refractivity contribution is 5.97. The number of hydrogen-bond acceptors (Lipinski definition) is 11. The Hall–Kier alpha value is -7.80. The number of phenolic OH excluding ortho intramolecular Hbond substituents is 1. The molecule has 4 aromatic rings. The Morgan fingerprint density at radius 1 is 0.627 bits per heavy atom. The average Bonchev–Trinajstić information content (AvgIpc) is 3.63. The molecule has 67 heavy (non-hydrogen) atoms. The molecule has 7 amide bonds. The molecule has 5 rings (SSSR count). The molecule has 0 aromatic heterocycles. The molecular weight excluding hydrogens is 865 g/mol. The van der Waals surface area contributed by atoms with Gasteiger partial charge in [-0.1, -0.05) is 91.0 Å². The van der Waals surface area contributed by atoms with Crippen LogP contribution in [0.15, 0.2) is 103 Å². The molecule has 0 spiro atoms. The van der Waals surface area contributed by atoms with Crippen LogP contribution in [0.4, 0.5) is 4.79 Å². The lowest BCUT2D eigenvalue weighted by molar-refractivity contribution is -0.141. The first kappa shape index (κ1) is 50.2. The number of carboxylic acid groups (broad SMARTS) is 1. The summed E-state index contributed by atoms with van der Waals surface area (Å²) in [4.78, 5) is 105. The fraction of sp³-hybridized carbons (Fsp3) is 0.333. The molecule has 0 saturated carbocycles. The third-order valence-electron chi connectivity index (χ3n) is 11.1. The first-order valence-electron chi connectivity index (χ1n) is 21.8. The number of amides is 7. The highest BCUT2D eigenvalue weighted by Crippen LogP contribution is 2.44. The van der Waals surface area contributed by atoms with Crippen molar-refractivity contribution in [3.8, 4) is 16.9 Å². The number of unbranched alkanes of at least 4 members (excludes halogenated alkanes) is 1. The predicted molar refractivity (Wildman–Crippen MR) is 245 cm³/mol. The average molecular weight is 921 g/mol. The largest absolute Gasteiger partial charge is 0.508 e. The number of rotatable bonds is 24. The first-order chi connectivity index (χ1) is 32.1. The van der Waals surface area contributed by atoms with Gasteiger partial charge in [0.1, 0.15) is 42.6 Å². The zero-order valence-corrected chi connectivity index (χ0v) is 36.9. The molecule has 0 aliphatic heterocycles. The number of hydrogen-bond donors (Lipinski definition) is 10. The first-order valence-corrected chi connectivity index (χ1v) is 21.8. The van der Waals surface area contributed by atoms with Crippen molar-refractivity contribution in [3.05, 3.63) is 125 Å². The highest BCUT2D eigenvalue weighted by atomic mass is 16.5. The number of nitrogens with one attached hydrogen (secondary N) is 6. The molecule has 0 heterocycles. The van der Waals surface area contributed by atoms with Crippen LogP contribution in [0.1, 0.15) is 60.8 Å². The maximum atomic E-state index is 13.9. The van der Waals surface area contributed by atoms with Gasteiger partial charge in [-0.15, -0.1) is 0 Å². The van der Waals surface area contributed by atoms with Gasteiger partial charge in [-0.3, -0.25) is 33.6 Å². The number of nitrogens with two attached hydrogens (primary N) is 2. The maximum absolute atomic E-state index is 13.9. The summed E-state index contributed by atoms with van der Waals surface area (Å²) in [5, 5.41) is 34.4.